The number of hydrogen-bond donors (Lipinski definition) is 1. The summed E-state index contributed by atoms with van der Waals surface area (Å²) in [6.07, 6.45) is 0.750. The lowest BCUT2D eigenvalue weighted by atomic mass is 9.97. The molecule has 1 N–H and O–H groups in total. The van der Waals surface area contributed by atoms with Crippen LogP contribution in [0.4, 0.5) is 0 Å². The van der Waals surface area contributed by atoms with Crippen LogP contribution < -0.4 is 4.74 Å². The quantitative estimate of drug-likeness (QED) is 0.491. The van der Waals surface area contributed by atoms with Gasteiger partial charge in [0.05, 0.1) is 31.1 Å². The third kappa shape index (κ3) is 5.00. The molecule has 0 aromatic heterocycles. The molecule has 7 nitrogen and oxygen atoms in total. The summed E-state index contributed by atoms with van der Waals surface area (Å²) in [5.41, 5.74) is 4.63. The van der Waals surface area contributed by atoms with E-state index in [2.05, 4.69) is 4.99 Å². The fraction of sp³-hybridized carbons (Fsp3) is 0.385. The van der Waals surface area contributed by atoms with Gasteiger partial charge in [-0.3, -0.25) is 4.99 Å². The molecule has 2 aromatic rings. The number of aliphatic imine (C=N–C) groups is 1. The zero-order valence-corrected chi connectivity index (χ0v) is 19.3. The minimum atomic E-state index is -0.367. The van der Waals surface area contributed by atoms with Crippen LogP contribution in [0.15, 0.2) is 59.1 Å². The van der Waals surface area contributed by atoms with Crippen molar-refractivity contribution in [3.8, 4) is 5.75 Å². The van der Waals surface area contributed by atoms with Crippen LogP contribution in [0, 0.1) is 0 Å². The largest absolute Gasteiger partial charge is 0.488 e. The molecule has 1 aliphatic heterocycles. The molecule has 7 heteroatoms. The highest BCUT2D eigenvalue weighted by molar-refractivity contribution is 6.37. The molecule has 1 saturated heterocycles. The zero-order chi connectivity index (χ0) is 23.3. The van der Waals surface area contributed by atoms with E-state index in [-0.39, 0.29) is 10.6 Å². The van der Waals surface area contributed by atoms with Crippen molar-refractivity contribution in [1.82, 2.24) is 0 Å². The number of carbonyl (C=O) groups excluding carboxylic acids is 1. The first-order valence-corrected chi connectivity index (χ1v) is 11.4. The fourth-order valence-electron chi connectivity index (χ4n) is 4.26. The summed E-state index contributed by atoms with van der Waals surface area (Å²) in [6, 6.07) is 15.6. The van der Waals surface area contributed by atoms with Crippen molar-refractivity contribution in [2.75, 3.05) is 53.1 Å². The number of hydroxylamine groups is 3. The molecule has 4 rings (SSSR count). The molecule has 2 aromatic carbocycles. The van der Waals surface area contributed by atoms with E-state index in [1.165, 1.54) is 0 Å². The maximum absolute atomic E-state index is 13.1. The Bertz CT molecular complexity index is 1060. The molecule has 0 saturated carbocycles. The van der Waals surface area contributed by atoms with Gasteiger partial charge in [0.2, 0.25) is 0 Å². The summed E-state index contributed by atoms with van der Waals surface area (Å²) in [7, 11) is 1.69. The minimum Gasteiger partial charge on any atom is -0.488 e. The SMILES string of the molecule is CCCOC(=O)C1=C(c2ccccc2)c2ccc(OCC[N+]3(O)CCOCC3)cc2C1=NC. The number of quaternary nitrogens is 1. The average molecular weight is 452 g/mol. The second-order valence-electron chi connectivity index (χ2n) is 8.26. The Morgan fingerprint density at radius 2 is 1.85 bits per heavy atom. The van der Waals surface area contributed by atoms with Crippen molar-refractivity contribution in [1.29, 1.82) is 0 Å². The number of rotatable bonds is 8. The summed E-state index contributed by atoms with van der Waals surface area (Å²) in [6.45, 7) is 5.42. The summed E-state index contributed by atoms with van der Waals surface area (Å²) in [5, 5.41) is 10.6. The van der Waals surface area contributed by atoms with Crippen LogP contribution in [0.5, 0.6) is 5.75 Å². The van der Waals surface area contributed by atoms with Crippen LogP contribution in [-0.4, -0.2) is 74.6 Å². The van der Waals surface area contributed by atoms with Crippen LogP contribution in [0.25, 0.3) is 5.57 Å². The van der Waals surface area contributed by atoms with E-state index >= 15 is 0 Å². The van der Waals surface area contributed by atoms with Crippen LogP contribution >= 0.6 is 0 Å². The molecule has 0 spiro atoms. The number of benzene rings is 2. The maximum atomic E-state index is 13.1. The van der Waals surface area contributed by atoms with Crippen LogP contribution in [0.3, 0.4) is 0 Å². The van der Waals surface area contributed by atoms with E-state index in [9.17, 15) is 10.0 Å². The highest BCUT2D eigenvalue weighted by Crippen LogP contribution is 2.40. The topological polar surface area (TPSA) is 77.4 Å². The molecule has 0 unspecified atom stereocenters. The van der Waals surface area contributed by atoms with Gasteiger partial charge < -0.3 is 14.2 Å². The van der Waals surface area contributed by atoms with Crippen molar-refractivity contribution >= 4 is 17.3 Å². The van der Waals surface area contributed by atoms with Crippen molar-refractivity contribution in [3.63, 3.8) is 0 Å². The van der Waals surface area contributed by atoms with Gasteiger partial charge in [-0.15, -0.1) is 0 Å². The number of hydrogen-bond acceptors (Lipinski definition) is 6. The molecule has 1 fully saturated rings. The van der Waals surface area contributed by atoms with Crippen LogP contribution in [0.1, 0.15) is 30.0 Å². The molecule has 1 aliphatic carbocycles. The lowest BCUT2D eigenvalue weighted by molar-refractivity contribution is -1.11. The lowest BCUT2D eigenvalue weighted by Crippen LogP contribution is -2.54. The predicted octanol–water partition coefficient (Wildman–Crippen LogP) is 3.49. The van der Waals surface area contributed by atoms with Gasteiger partial charge in [-0.25, -0.2) is 10.0 Å². The first-order chi connectivity index (χ1) is 16.1. The van der Waals surface area contributed by atoms with Gasteiger partial charge in [0.25, 0.3) is 0 Å². The van der Waals surface area contributed by atoms with Gasteiger partial charge in [0.1, 0.15) is 32.0 Å². The van der Waals surface area contributed by atoms with Crippen molar-refractivity contribution < 1.29 is 28.9 Å². The van der Waals surface area contributed by atoms with Crippen molar-refractivity contribution in [2.24, 2.45) is 4.99 Å². The van der Waals surface area contributed by atoms with E-state index in [0.29, 0.717) is 63.1 Å². The molecule has 33 heavy (non-hydrogen) atoms. The number of nitrogens with zero attached hydrogens (tertiary/aromatic N) is 2. The Morgan fingerprint density at radius 1 is 1.09 bits per heavy atom. The molecule has 0 radical (unpaired) electrons. The second kappa shape index (κ2) is 10.3. The number of esters is 1. The van der Waals surface area contributed by atoms with Gasteiger partial charge in [-0.05, 0) is 35.7 Å². The molecule has 0 bridgehead atoms. The van der Waals surface area contributed by atoms with E-state index in [1.54, 1.807) is 7.05 Å². The number of morpholine rings is 1. The lowest BCUT2D eigenvalue weighted by Gasteiger charge is -2.33. The smallest absolute Gasteiger partial charge is 0.341 e. The predicted molar refractivity (Wildman–Crippen MR) is 126 cm³/mol. The summed E-state index contributed by atoms with van der Waals surface area (Å²) in [4.78, 5) is 17.5. The first kappa shape index (κ1) is 23.2. The van der Waals surface area contributed by atoms with Gasteiger partial charge in [0.15, 0.2) is 0 Å². The second-order valence-corrected chi connectivity index (χ2v) is 8.26. The summed E-state index contributed by atoms with van der Waals surface area (Å²) < 4.78 is 16.8. The zero-order valence-electron chi connectivity index (χ0n) is 19.3. The third-order valence-electron chi connectivity index (χ3n) is 6.01. The Kier molecular flexibility index (Phi) is 7.23. The average Bonchev–Trinajstić information content (AvgIpc) is 3.17. The highest BCUT2D eigenvalue weighted by atomic mass is 16.6. The van der Waals surface area contributed by atoms with Gasteiger partial charge in [-0.1, -0.05) is 37.3 Å². The molecular weight excluding hydrogens is 420 g/mol. The third-order valence-corrected chi connectivity index (χ3v) is 6.01. The Labute approximate surface area is 194 Å². The molecular formula is C26H31N2O5+. The summed E-state index contributed by atoms with van der Waals surface area (Å²) >= 11 is 0. The molecule has 1 heterocycles. The van der Waals surface area contributed by atoms with E-state index in [1.807, 2.05) is 55.5 Å². The van der Waals surface area contributed by atoms with Gasteiger partial charge in [0, 0.05) is 18.2 Å². The van der Waals surface area contributed by atoms with E-state index in [0.717, 1.165) is 28.7 Å². The minimum absolute atomic E-state index is 0.0419. The van der Waals surface area contributed by atoms with Crippen LogP contribution in [0.2, 0.25) is 0 Å². The van der Waals surface area contributed by atoms with Crippen molar-refractivity contribution in [2.45, 2.75) is 13.3 Å². The maximum Gasteiger partial charge on any atom is 0.341 e. The van der Waals surface area contributed by atoms with Gasteiger partial charge >= 0.3 is 5.97 Å². The Balaban J connectivity index is 1.62. The molecule has 174 valence electrons. The number of fused-ring (bicyclic) bond motifs is 1. The fourth-order valence-corrected chi connectivity index (χ4v) is 4.26. The highest BCUT2D eigenvalue weighted by Gasteiger charge is 2.34. The van der Waals surface area contributed by atoms with E-state index in [4.69, 9.17) is 14.2 Å². The monoisotopic (exact) mass is 451 g/mol. The van der Waals surface area contributed by atoms with Crippen molar-refractivity contribution in [3.05, 3.63) is 70.8 Å². The first-order valence-electron chi connectivity index (χ1n) is 11.4. The van der Waals surface area contributed by atoms with E-state index < -0.39 is 0 Å². The summed E-state index contributed by atoms with van der Waals surface area (Å²) in [5.74, 6) is 0.305. The molecule has 0 atom stereocenters. The standard InChI is InChI=1S/C26H31N2O5/c1-3-14-33-26(29)24-23(19-7-5-4-6-8-19)21-10-9-20(18-22(21)25(24)27-2)32-17-13-28(30)11-15-31-16-12-28/h4-10,18,30H,3,11-17H2,1-2H3/q+1. The molecule has 0 amide bonds. The normalized spacial score (nSPS) is 18.3. The Morgan fingerprint density at radius 3 is 2.55 bits per heavy atom. The number of ether oxygens (including phenoxy) is 3. The van der Waals surface area contributed by atoms with Gasteiger partial charge in [-0.2, -0.15) is 4.65 Å². The molecule has 2 aliphatic rings. The Hall–Kier alpha value is -3.00. The van der Waals surface area contributed by atoms with Crippen LogP contribution in [-0.2, 0) is 14.3 Å². The number of carbonyl (C=O) groups is 1.